The molecule has 2 aliphatic heterocycles. The van der Waals surface area contributed by atoms with E-state index in [0.29, 0.717) is 45.7 Å². The van der Waals surface area contributed by atoms with Gasteiger partial charge < -0.3 is 19.7 Å². The van der Waals surface area contributed by atoms with E-state index in [4.69, 9.17) is 9.47 Å². The fraction of sp³-hybridized carbons (Fsp3) is 0.379. The molecule has 2 amide bonds. The number of carbonyl (C=O) groups is 2. The van der Waals surface area contributed by atoms with E-state index in [9.17, 15) is 9.59 Å². The maximum absolute atomic E-state index is 13.2. The normalized spacial score (nSPS) is 16.2. The quantitative estimate of drug-likeness (QED) is 0.591. The molecule has 0 bridgehead atoms. The minimum Gasteiger partial charge on any atom is -0.486 e. The highest BCUT2D eigenvalue weighted by Gasteiger charge is 2.30. The topological polar surface area (TPSA) is 67.9 Å². The van der Waals surface area contributed by atoms with Gasteiger partial charge in [-0.15, -0.1) is 0 Å². The van der Waals surface area contributed by atoms with Crippen molar-refractivity contribution in [1.82, 2.24) is 10.2 Å². The predicted octanol–water partition coefficient (Wildman–Crippen LogP) is 4.56. The molecule has 1 N–H and O–H groups in total. The molecular weight excluding hydrogens is 440 g/mol. The van der Waals surface area contributed by atoms with Gasteiger partial charge in [0.1, 0.15) is 13.2 Å². The molecule has 3 aromatic rings. The highest BCUT2D eigenvalue weighted by atomic mass is 16.6. The number of ether oxygens (including phenoxy) is 2. The van der Waals surface area contributed by atoms with E-state index in [-0.39, 0.29) is 23.1 Å². The Bertz CT molecular complexity index is 1240. The van der Waals surface area contributed by atoms with E-state index in [1.165, 1.54) is 0 Å². The fourth-order valence-corrected chi connectivity index (χ4v) is 4.95. The van der Waals surface area contributed by atoms with Crippen LogP contribution in [0.5, 0.6) is 11.5 Å². The SMILES string of the molecule is CC(C)(CNC(=O)C1CCN(C(=O)c2cccc3ccccc23)CC1)c1ccc2c(c1)OCCO2. The Morgan fingerprint density at radius 3 is 2.46 bits per heavy atom. The van der Waals surface area contributed by atoms with E-state index in [1.807, 2.05) is 65.6 Å². The second kappa shape index (κ2) is 9.61. The molecule has 0 aromatic heterocycles. The predicted molar refractivity (Wildman–Crippen MR) is 136 cm³/mol. The average molecular weight is 473 g/mol. The summed E-state index contributed by atoms with van der Waals surface area (Å²) in [5.74, 6) is 1.55. The van der Waals surface area contributed by atoms with Crippen LogP contribution in [0.4, 0.5) is 0 Å². The molecule has 0 spiro atoms. The molecule has 2 aliphatic rings. The molecule has 1 fully saturated rings. The molecular formula is C29H32N2O4. The van der Waals surface area contributed by atoms with Gasteiger partial charge in [0, 0.05) is 36.5 Å². The first kappa shape index (κ1) is 23.2. The maximum atomic E-state index is 13.2. The van der Waals surface area contributed by atoms with Crippen LogP contribution in [0.25, 0.3) is 10.8 Å². The third kappa shape index (κ3) is 4.83. The van der Waals surface area contributed by atoms with Gasteiger partial charge in [0.15, 0.2) is 11.5 Å². The summed E-state index contributed by atoms with van der Waals surface area (Å²) >= 11 is 0. The van der Waals surface area contributed by atoms with Crippen molar-refractivity contribution in [2.45, 2.75) is 32.1 Å². The number of benzene rings is 3. The summed E-state index contributed by atoms with van der Waals surface area (Å²) in [6.45, 7) is 7.06. The molecule has 0 atom stereocenters. The fourth-order valence-electron chi connectivity index (χ4n) is 4.95. The highest BCUT2D eigenvalue weighted by Crippen LogP contribution is 2.35. The number of carbonyl (C=O) groups excluding carboxylic acids is 2. The number of hydrogen-bond acceptors (Lipinski definition) is 4. The first-order chi connectivity index (χ1) is 16.9. The molecule has 2 heterocycles. The first-order valence-corrected chi connectivity index (χ1v) is 12.4. The van der Waals surface area contributed by atoms with Gasteiger partial charge in [-0.05, 0) is 47.4 Å². The van der Waals surface area contributed by atoms with Crippen LogP contribution < -0.4 is 14.8 Å². The van der Waals surface area contributed by atoms with Crippen molar-refractivity contribution in [1.29, 1.82) is 0 Å². The van der Waals surface area contributed by atoms with Gasteiger partial charge in [-0.3, -0.25) is 9.59 Å². The van der Waals surface area contributed by atoms with Crippen LogP contribution in [-0.4, -0.2) is 49.6 Å². The smallest absolute Gasteiger partial charge is 0.254 e. The Kier molecular flexibility index (Phi) is 6.37. The van der Waals surface area contributed by atoms with Gasteiger partial charge >= 0.3 is 0 Å². The summed E-state index contributed by atoms with van der Waals surface area (Å²) in [7, 11) is 0. The van der Waals surface area contributed by atoms with Crippen molar-refractivity contribution in [3.05, 3.63) is 71.8 Å². The Morgan fingerprint density at radius 2 is 1.66 bits per heavy atom. The van der Waals surface area contributed by atoms with Crippen LogP contribution in [0.3, 0.4) is 0 Å². The molecule has 1 saturated heterocycles. The Morgan fingerprint density at radius 1 is 0.943 bits per heavy atom. The number of fused-ring (bicyclic) bond motifs is 2. The second-order valence-corrected chi connectivity index (χ2v) is 10.1. The molecule has 0 radical (unpaired) electrons. The summed E-state index contributed by atoms with van der Waals surface area (Å²) in [5, 5.41) is 5.19. The Balaban J connectivity index is 1.17. The third-order valence-electron chi connectivity index (χ3n) is 7.20. The summed E-state index contributed by atoms with van der Waals surface area (Å²) in [5.41, 5.74) is 1.57. The number of hydrogen-bond donors (Lipinski definition) is 1. The zero-order chi connectivity index (χ0) is 24.4. The van der Waals surface area contributed by atoms with Crippen molar-refractivity contribution < 1.29 is 19.1 Å². The number of nitrogens with one attached hydrogen (secondary N) is 1. The van der Waals surface area contributed by atoms with Crippen molar-refractivity contribution in [2.24, 2.45) is 5.92 Å². The van der Waals surface area contributed by atoms with Crippen LogP contribution in [0.15, 0.2) is 60.7 Å². The first-order valence-electron chi connectivity index (χ1n) is 12.4. The van der Waals surface area contributed by atoms with Gasteiger partial charge in [0.25, 0.3) is 5.91 Å². The van der Waals surface area contributed by atoms with Crippen LogP contribution in [0.2, 0.25) is 0 Å². The van der Waals surface area contributed by atoms with Crippen molar-refractivity contribution in [3.63, 3.8) is 0 Å². The average Bonchev–Trinajstić information content (AvgIpc) is 2.91. The van der Waals surface area contributed by atoms with E-state index in [2.05, 4.69) is 19.2 Å². The number of piperidine rings is 1. The number of likely N-dealkylation sites (tertiary alicyclic amines) is 1. The molecule has 0 saturated carbocycles. The zero-order valence-corrected chi connectivity index (χ0v) is 20.4. The van der Waals surface area contributed by atoms with E-state index in [1.54, 1.807) is 0 Å². The van der Waals surface area contributed by atoms with Gasteiger partial charge in [-0.1, -0.05) is 56.3 Å². The minimum atomic E-state index is -0.253. The van der Waals surface area contributed by atoms with Crippen molar-refractivity contribution in [3.8, 4) is 11.5 Å². The molecule has 5 rings (SSSR count). The third-order valence-corrected chi connectivity index (χ3v) is 7.20. The molecule has 35 heavy (non-hydrogen) atoms. The molecule has 0 unspecified atom stereocenters. The van der Waals surface area contributed by atoms with Crippen molar-refractivity contribution >= 4 is 22.6 Å². The molecule has 6 heteroatoms. The number of amides is 2. The Labute approximate surface area is 206 Å². The van der Waals surface area contributed by atoms with Gasteiger partial charge in [-0.25, -0.2) is 0 Å². The lowest BCUT2D eigenvalue weighted by Crippen LogP contribution is -2.45. The lowest BCUT2D eigenvalue weighted by atomic mass is 9.84. The maximum Gasteiger partial charge on any atom is 0.254 e. The molecule has 3 aromatic carbocycles. The van der Waals surface area contributed by atoms with Crippen LogP contribution >= 0.6 is 0 Å². The highest BCUT2D eigenvalue weighted by molar-refractivity contribution is 6.07. The number of rotatable bonds is 5. The molecule has 182 valence electrons. The van der Waals surface area contributed by atoms with Gasteiger partial charge in [0.05, 0.1) is 0 Å². The molecule has 6 nitrogen and oxygen atoms in total. The second-order valence-electron chi connectivity index (χ2n) is 10.1. The van der Waals surface area contributed by atoms with Crippen molar-refractivity contribution in [2.75, 3.05) is 32.8 Å². The standard InChI is InChI=1S/C29H32N2O4/c1-29(2,22-10-11-25-26(18-22)35-17-16-34-25)19-30-27(32)21-12-14-31(15-13-21)28(33)24-9-5-7-20-6-3-4-8-23(20)24/h3-11,18,21H,12-17,19H2,1-2H3,(H,30,32). The summed E-state index contributed by atoms with van der Waals surface area (Å²) < 4.78 is 11.3. The van der Waals surface area contributed by atoms with Crippen LogP contribution in [-0.2, 0) is 10.2 Å². The van der Waals surface area contributed by atoms with E-state index < -0.39 is 0 Å². The summed E-state index contributed by atoms with van der Waals surface area (Å²) in [4.78, 5) is 28.1. The van der Waals surface area contributed by atoms with Crippen LogP contribution in [0.1, 0.15) is 42.6 Å². The molecule has 0 aliphatic carbocycles. The monoisotopic (exact) mass is 472 g/mol. The van der Waals surface area contributed by atoms with Gasteiger partial charge in [0.2, 0.25) is 5.91 Å². The largest absolute Gasteiger partial charge is 0.486 e. The van der Waals surface area contributed by atoms with Crippen LogP contribution in [0, 0.1) is 5.92 Å². The van der Waals surface area contributed by atoms with Gasteiger partial charge in [-0.2, -0.15) is 0 Å². The van der Waals surface area contributed by atoms with E-state index in [0.717, 1.165) is 33.4 Å². The minimum absolute atomic E-state index is 0.0420. The lowest BCUT2D eigenvalue weighted by molar-refractivity contribution is -0.126. The lowest BCUT2D eigenvalue weighted by Gasteiger charge is -2.33. The van der Waals surface area contributed by atoms with E-state index >= 15 is 0 Å². The number of nitrogens with zero attached hydrogens (tertiary/aromatic N) is 1. The zero-order valence-electron chi connectivity index (χ0n) is 20.4. The Hall–Kier alpha value is -3.54. The summed E-state index contributed by atoms with van der Waals surface area (Å²) in [6, 6.07) is 19.8. The summed E-state index contributed by atoms with van der Waals surface area (Å²) in [6.07, 6.45) is 1.35.